The van der Waals surface area contributed by atoms with Crippen LogP contribution in [-0.2, 0) is 63.3 Å². The van der Waals surface area contributed by atoms with E-state index < -0.39 is 47.2 Å². The zero-order valence-electron chi connectivity index (χ0n) is 43.2. The number of dihydropyridines is 1. The molecule has 0 spiro atoms. The number of ether oxygens (including phenoxy) is 4. The summed E-state index contributed by atoms with van der Waals surface area (Å²) in [6.45, 7) is 11.1. The maximum Gasteiger partial charge on any atom is 0.519 e. The van der Waals surface area contributed by atoms with Crippen LogP contribution >= 0.6 is 11.6 Å². The first-order valence-electron chi connectivity index (χ1n) is 23.9. The summed E-state index contributed by atoms with van der Waals surface area (Å²) >= 11 is 6.42. The molecule has 0 bridgehead atoms. The van der Waals surface area contributed by atoms with Crippen molar-refractivity contribution < 1.29 is 67.1 Å². The number of H-pyrrole nitrogens is 1. The van der Waals surface area contributed by atoms with Gasteiger partial charge in [0.05, 0.1) is 49.7 Å². The average molecular weight is 1080 g/mol. The summed E-state index contributed by atoms with van der Waals surface area (Å²) < 4.78 is 32.9. The van der Waals surface area contributed by atoms with Gasteiger partial charge in [-0.2, -0.15) is 5.21 Å². The van der Waals surface area contributed by atoms with Crippen LogP contribution in [0.4, 0.5) is 0 Å². The van der Waals surface area contributed by atoms with Crippen molar-refractivity contribution >= 4 is 41.4 Å². The molecule has 23 nitrogen and oxygen atoms in total. The smallest absolute Gasteiger partial charge is 0.478 e. The number of carboxylic acid groups (broad SMARTS) is 2. The van der Waals surface area contributed by atoms with E-state index in [2.05, 4.69) is 30.9 Å². The number of rotatable bonds is 20. The number of nitrogens with two attached hydrogens (primary N) is 1. The Labute approximate surface area is 446 Å². The summed E-state index contributed by atoms with van der Waals surface area (Å²) in [4.78, 5) is 74.1. The highest BCUT2D eigenvalue weighted by Crippen LogP contribution is 2.42. The number of carbonyl (C=O) groups excluding carboxylic acids is 3. The molecule has 1 aliphatic heterocycles. The summed E-state index contributed by atoms with van der Waals surface area (Å²) in [5.74, 6) is -4.46. The topological polar surface area (TPSA) is 337 Å². The minimum Gasteiger partial charge on any atom is -0.478 e. The van der Waals surface area contributed by atoms with Crippen molar-refractivity contribution in [1.29, 1.82) is 0 Å². The zero-order valence-corrected chi connectivity index (χ0v) is 44.0. The number of carbonyl (C=O) groups is 5. The van der Waals surface area contributed by atoms with Crippen LogP contribution in [0.5, 0.6) is 0 Å². The quantitative estimate of drug-likeness (QED) is 0.0216. The number of nitrogens with one attached hydrogen (secondary N) is 2. The molecule has 7 rings (SSSR count). The van der Waals surface area contributed by atoms with Crippen LogP contribution in [-0.4, -0.2) is 109 Å². The van der Waals surface area contributed by atoms with Crippen LogP contribution in [0, 0.1) is 6.92 Å². The first-order chi connectivity index (χ1) is 36.7. The number of hydrogen-bond donors (Lipinski definition) is 6. The molecule has 1 atom stereocenters. The van der Waals surface area contributed by atoms with Gasteiger partial charge in [-0.05, 0) is 74.6 Å². The predicted molar refractivity (Wildman–Crippen MR) is 277 cm³/mol. The molecule has 3 aromatic heterocycles. The molecule has 0 amide bonds. The molecule has 0 fully saturated rings. The third-order valence-corrected chi connectivity index (χ3v) is 11.6. The van der Waals surface area contributed by atoms with Crippen LogP contribution in [0.25, 0.3) is 22.5 Å². The zero-order chi connectivity index (χ0) is 56.4. The van der Waals surface area contributed by atoms with Gasteiger partial charge in [0.1, 0.15) is 17.1 Å². The Morgan fingerprint density at radius 1 is 0.870 bits per heavy atom. The summed E-state index contributed by atoms with van der Waals surface area (Å²) in [6.07, 6.45) is 2.48. The number of allylic oxidation sites excluding steroid dienone is 1. The van der Waals surface area contributed by atoms with Crippen molar-refractivity contribution in [2.24, 2.45) is 5.73 Å². The third kappa shape index (κ3) is 15.8. The fourth-order valence-corrected chi connectivity index (χ4v) is 8.11. The number of aliphatic carboxylic acids is 2. The van der Waals surface area contributed by atoms with Gasteiger partial charge in [-0.1, -0.05) is 85.3 Å². The first-order valence-corrected chi connectivity index (χ1v) is 24.2. The van der Waals surface area contributed by atoms with E-state index in [0.29, 0.717) is 77.5 Å². The molecule has 24 heteroatoms. The Hall–Kier alpha value is -8.51. The summed E-state index contributed by atoms with van der Waals surface area (Å²) in [6, 6.07) is 22.8. The highest BCUT2D eigenvalue weighted by Gasteiger charge is 2.40. The highest BCUT2D eigenvalue weighted by atomic mass is 35.5. The van der Waals surface area contributed by atoms with Gasteiger partial charge in [0.2, 0.25) is 5.82 Å². The molecule has 0 saturated carbocycles. The van der Waals surface area contributed by atoms with Gasteiger partial charge in [0, 0.05) is 47.9 Å². The molecule has 0 saturated heterocycles. The molecule has 4 heterocycles. The number of aryl methyl sites for hydroxylation is 2. The minimum absolute atomic E-state index is 0.109. The fourth-order valence-electron chi connectivity index (χ4n) is 7.86. The van der Waals surface area contributed by atoms with Gasteiger partial charge in [0.25, 0.3) is 0 Å². The van der Waals surface area contributed by atoms with Crippen LogP contribution < -0.4 is 16.9 Å². The Morgan fingerprint density at radius 3 is 2.09 bits per heavy atom. The number of benzene rings is 3. The molecule has 77 heavy (non-hydrogen) atoms. The van der Waals surface area contributed by atoms with Gasteiger partial charge in [0.15, 0.2) is 23.8 Å². The van der Waals surface area contributed by atoms with Gasteiger partial charge in [-0.25, -0.2) is 33.8 Å². The van der Waals surface area contributed by atoms with Gasteiger partial charge in [-0.15, -0.1) is 10.2 Å². The van der Waals surface area contributed by atoms with Crippen LogP contribution in [0.2, 0.25) is 5.02 Å². The monoisotopic (exact) mass is 1080 g/mol. The summed E-state index contributed by atoms with van der Waals surface area (Å²) in [5.41, 5.74) is 10.3. The van der Waals surface area contributed by atoms with Crippen LogP contribution in [0.3, 0.4) is 0 Å². The molecular weight excluding hydrogens is 1020 g/mol. The van der Waals surface area contributed by atoms with E-state index in [4.69, 9.17) is 55.3 Å². The average Bonchev–Trinajstić information content (AvgIpc) is 4.15. The summed E-state index contributed by atoms with van der Waals surface area (Å²) in [7, 11) is 1.29. The molecular formula is C53H59ClN8O15. The standard InChI is InChI=1S/C29H30N6O6.C20H25ClN2O5.C4H4O4/c1-5-8-23-30-25(29(3,4)38)24(27(36)39-16-22-17(2)40-28(37)41-22)35(23)15-18-11-13-19(14-12-18)20-9-6-7-10-21(20)26-31-33-34-32-26;1-4-28-20(25)18-15(11-27-10-9-22)23-12(2)16(19(24)26-3)17(18)13-7-5-6-8-14(13)21;5-3(6)1-2-4(7)8/h6-7,9-14,38H,5,8,15-16H2,1-4H3,(H,31,32,33,34);5-8,17,23H,4,9-11,22H2,1-3H3;1-2H,(H,5,6)(H,7,8)/b;;2-1-. The Balaban J connectivity index is 0.000000262. The number of nitrogens with zero attached hydrogens (tertiary/aromatic N) is 5. The molecule has 7 N–H and O–H groups in total. The van der Waals surface area contributed by atoms with Crippen LogP contribution in [0.15, 0.2) is 121 Å². The number of esters is 3. The normalized spacial score (nSPS) is 13.2. The lowest BCUT2D eigenvalue weighted by Gasteiger charge is -2.31. The number of aromatic amines is 1. The minimum atomic E-state index is -1.41. The summed E-state index contributed by atoms with van der Waals surface area (Å²) in [5, 5.41) is 44.4. The Bertz CT molecular complexity index is 3170. The molecule has 1 aliphatic rings. The number of carboxylic acids is 2. The van der Waals surface area contributed by atoms with E-state index in [9.17, 15) is 33.9 Å². The van der Waals surface area contributed by atoms with Gasteiger partial charge in [-0.3, -0.25) is 0 Å². The van der Waals surface area contributed by atoms with Gasteiger partial charge >= 0.3 is 35.7 Å². The molecule has 0 radical (unpaired) electrons. The predicted octanol–water partition coefficient (Wildman–Crippen LogP) is 6.15. The largest absolute Gasteiger partial charge is 0.519 e. The Morgan fingerprint density at radius 2 is 1.53 bits per heavy atom. The SMILES string of the molecule is CCCc1nc(C(C)(C)O)c(C(=O)OCc2oc(=O)oc2C)n1Cc1ccc(-c2ccccc2-c2nn[nH]n2)cc1.CCOC(=O)C1=C(COCCN)NC(C)=C(C(=O)OC)C1c1ccccc1Cl.O=C(O)/C=C\C(=O)O. The van der Waals surface area contributed by atoms with E-state index in [0.717, 1.165) is 28.7 Å². The second kappa shape index (κ2) is 27.9. The molecule has 1 unspecified atom stereocenters. The number of tetrazole rings is 1. The van der Waals surface area contributed by atoms with Gasteiger partial charge < -0.3 is 58.7 Å². The lowest BCUT2D eigenvalue weighted by Crippen LogP contribution is -2.35. The van der Waals surface area contributed by atoms with Crippen molar-refractivity contribution in [2.45, 2.75) is 79.1 Å². The van der Waals surface area contributed by atoms with Crippen molar-refractivity contribution in [3.05, 3.63) is 163 Å². The molecule has 3 aromatic carbocycles. The second-order valence-corrected chi connectivity index (χ2v) is 17.6. The number of hydrogen-bond acceptors (Lipinski definition) is 19. The molecule has 6 aromatic rings. The third-order valence-electron chi connectivity index (χ3n) is 11.2. The van der Waals surface area contributed by atoms with E-state index in [1.165, 1.54) is 7.11 Å². The van der Waals surface area contributed by atoms with E-state index >= 15 is 0 Å². The fraction of sp³-hybridized carbons (Fsp3) is 0.321. The first kappa shape index (κ1) is 59.4. The molecule has 408 valence electrons. The maximum atomic E-state index is 13.5. The highest BCUT2D eigenvalue weighted by molar-refractivity contribution is 6.31. The van der Waals surface area contributed by atoms with Crippen molar-refractivity contribution in [3.63, 3.8) is 0 Å². The number of aliphatic hydroxyl groups is 1. The Kier molecular flexibility index (Phi) is 21.5. The number of halogens is 1. The lowest BCUT2D eigenvalue weighted by molar-refractivity contribution is -0.139. The van der Waals surface area contributed by atoms with Crippen LogP contribution in [0.1, 0.15) is 91.6 Å². The van der Waals surface area contributed by atoms with E-state index in [1.807, 2.05) is 55.5 Å². The number of aromatic nitrogens is 6. The molecule has 0 aliphatic carbocycles. The van der Waals surface area contributed by atoms with Crippen molar-refractivity contribution in [1.82, 2.24) is 35.5 Å². The van der Waals surface area contributed by atoms with Crippen molar-refractivity contribution in [3.8, 4) is 22.5 Å². The number of methoxy groups -OCH3 is 1. The van der Waals surface area contributed by atoms with Crippen molar-refractivity contribution in [2.75, 3.05) is 33.5 Å². The van der Waals surface area contributed by atoms with E-state index in [-0.39, 0.29) is 48.3 Å². The second-order valence-electron chi connectivity index (χ2n) is 17.2. The maximum absolute atomic E-state index is 13.5. The number of imidazole rings is 1. The van der Waals surface area contributed by atoms with E-state index in [1.54, 1.807) is 63.5 Å². The lowest BCUT2D eigenvalue weighted by atomic mass is 9.80.